The maximum Gasteiger partial charge on any atom is 0.317 e. The lowest BCUT2D eigenvalue weighted by Gasteiger charge is -2.28. The van der Waals surface area contributed by atoms with Gasteiger partial charge >= 0.3 is 6.03 Å². The molecule has 0 aromatic heterocycles. The molecule has 5 heteroatoms. The number of urea groups is 1. The molecule has 0 aliphatic carbocycles. The Morgan fingerprint density at radius 2 is 1.62 bits per heavy atom. The largest absolute Gasteiger partial charge is 0.341 e. The van der Waals surface area contributed by atoms with E-state index in [1.165, 1.54) is 49.2 Å². The Bertz CT molecular complexity index is 652. The van der Waals surface area contributed by atoms with Crippen LogP contribution in [0, 0.1) is 5.82 Å². The summed E-state index contributed by atoms with van der Waals surface area (Å²) in [6, 6.07) is 16.2. The average Bonchev–Trinajstić information content (AvgIpc) is 3.28. The molecule has 0 saturated carbocycles. The van der Waals surface area contributed by atoms with E-state index in [1.54, 1.807) is 25.2 Å². The third-order valence-corrected chi connectivity index (χ3v) is 4.32. The van der Waals surface area contributed by atoms with Crippen molar-refractivity contribution in [1.82, 2.24) is 15.5 Å². The van der Waals surface area contributed by atoms with Gasteiger partial charge in [0.15, 0.2) is 0 Å². The van der Waals surface area contributed by atoms with Gasteiger partial charge in [-0.1, -0.05) is 42.5 Å². The summed E-state index contributed by atoms with van der Waals surface area (Å²) in [5, 5.41) is 5.87. The molecular formula is C21H28FN3O. The zero-order chi connectivity index (χ0) is 18.6. The molecule has 2 aromatic rings. The van der Waals surface area contributed by atoms with Gasteiger partial charge in [0.2, 0.25) is 0 Å². The van der Waals surface area contributed by atoms with Gasteiger partial charge in [0, 0.05) is 20.1 Å². The highest BCUT2D eigenvalue weighted by atomic mass is 19.1. The van der Waals surface area contributed by atoms with E-state index in [9.17, 15) is 9.18 Å². The molecule has 2 heterocycles. The summed E-state index contributed by atoms with van der Waals surface area (Å²) in [6.07, 6.45) is 3.74. The molecule has 26 heavy (non-hydrogen) atoms. The fourth-order valence-electron chi connectivity index (χ4n) is 2.87. The molecular weight excluding hydrogens is 329 g/mol. The van der Waals surface area contributed by atoms with Crippen molar-refractivity contribution >= 4 is 6.03 Å². The van der Waals surface area contributed by atoms with Crippen LogP contribution in [0.4, 0.5) is 9.18 Å². The van der Waals surface area contributed by atoms with Crippen molar-refractivity contribution in [2.24, 2.45) is 0 Å². The highest BCUT2D eigenvalue weighted by molar-refractivity contribution is 5.74. The van der Waals surface area contributed by atoms with E-state index in [0.29, 0.717) is 0 Å². The standard InChI is InChI=1S/C11H14N2O.C6H5F.C4H9N/c1-12-11(14)13-7-6-9-4-2-3-5-10(9)8-13;7-6-4-2-1-3-5-6;1-2-4-5-3-1/h2-5H,6-8H2,1H3,(H,12,14);1-5H;5H,1-4H2. The fourth-order valence-corrected chi connectivity index (χ4v) is 2.87. The molecule has 2 aromatic carbocycles. The van der Waals surface area contributed by atoms with Crippen LogP contribution in [-0.4, -0.2) is 37.6 Å². The number of nitrogens with zero attached hydrogens (tertiary/aromatic N) is 1. The van der Waals surface area contributed by atoms with Crippen LogP contribution < -0.4 is 10.6 Å². The van der Waals surface area contributed by atoms with E-state index in [-0.39, 0.29) is 11.8 Å². The molecule has 0 unspecified atom stereocenters. The molecule has 0 spiro atoms. The SMILES string of the molecule is C1CCNC1.CNC(=O)N1CCc2ccccc2C1.Fc1ccccc1. The lowest BCUT2D eigenvalue weighted by Crippen LogP contribution is -2.41. The van der Waals surface area contributed by atoms with Crippen LogP contribution in [0.15, 0.2) is 54.6 Å². The molecule has 2 N–H and O–H groups in total. The Hall–Kier alpha value is -2.40. The number of rotatable bonds is 0. The van der Waals surface area contributed by atoms with Gasteiger partial charge in [-0.3, -0.25) is 0 Å². The molecule has 2 amide bonds. The number of amides is 2. The topological polar surface area (TPSA) is 44.4 Å². The normalized spacial score (nSPS) is 14.9. The van der Waals surface area contributed by atoms with Crippen molar-refractivity contribution in [3.63, 3.8) is 0 Å². The lowest BCUT2D eigenvalue weighted by molar-refractivity contribution is 0.194. The van der Waals surface area contributed by atoms with E-state index < -0.39 is 0 Å². The Morgan fingerprint density at radius 1 is 1.00 bits per heavy atom. The number of hydrogen-bond donors (Lipinski definition) is 2. The number of nitrogens with one attached hydrogen (secondary N) is 2. The highest BCUT2D eigenvalue weighted by Gasteiger charge is 2.18. The van der Waals surface area contributed by atoms with E-state index in [1.807, 2.05) is 17.0 Å². The first-order valence-electron chi connectivity index (χ1n) is 9.15. The Balaban J connectivity index is 0.000000167. The minimum absolute atomic E-state index is 0.0134. The summed E-state index contributed by atoms with van der Waals surface area (Å²) in [4.78, 5) is 13.2. The molecule has 1 saturated heterocycles. The van der Waals surface area contributed by atoms with Gasteiger partial charge in [-0.05, 0) is 55.6 Å². The molecule has 0 radical (unpaired) electrons. The van der Waals surface area contributed by atoms with Gasteiger partial charge in [-0.2, -0.15) is 0 Å². The van der Waals surface area contributed by atoms with E-state index in [4.69, 9.17) is 0 Å². The molecule has 140 valence electrons. The molecule has 2 aliphatic rings. The molecule has 4 rings (SSSR count). The average molecular weight is 357 g/mol. The van der Waals surface area contributed by atoms with Gasteiger partial charge in [0.05, 0.1) is 0 Å². The van der Waals surface area contributed by atoms with Crippen molar-refractivity contribution in [3.8, 4) is 0 Å². The van der Waals surface area contributed by atoms with Crippen molar-refractivity contribution in [3.05, 3.63) is 71.5 Å². The molecule has 0 bridgehead atoms. The maximum atomic E-state index is 11.9. The van der Waals surface area contributed by atoms with Gasteiger partial charge in [0.1, 0.15) is 5.82 Å². The van der Waals surface area contributed by atoms with Crippen LogP contribution in [0.2, 0.25) is 0 Å². The van der Waals surface area contributed by atoms with E-state index in [2.05, 4.69) is 22.8 Å². The second-order valence-corrected chi connectivity index (χ2v) is 6.25. The highest BCUT2D eigenvalue weighted by Crippen LogP contribution is 2.17. The van der Waals surface area contributed by atoms with Crippen LogP contribution in [-0.2, 0) is 13.0 Å². The summed E-state index contributed by atoms with van der Waals surface area (Å²) in [5.41, 5.74) is 2.63. The van der Waals surface area contributed by atoms with Crippen LogP contribution in [0.3, 0.4) is 0 Å². The minimum Gasteiger partial charge on any atom is -0.341 e. The van der Waals surface area contributed by atoms with E-state index in [0.717, 1.165) is 19.5 Å². The summed E-state index contributed by atoms with van der Waals surface area (Å²) in [5.74, 6) is -0.178. The smallest absolute Gasteiger partial charge is 0.317 e. The summed E-state index contributed by atoms with van der Waals surface area (Å²) in [7, 11) is 1.67. The molecule has 2 aliphatic heterocycles. The van der Waals surface area contributed by atoms with Crippen molar-refractivity contribution in [1.29, 1.82) is 0 Å². The summed E-state index contributed by atoms with van der Waals surface area (Å²) < 4.78 is 11.9. The predicted octanol–water partition coefficient (Wildman–Crippen LogP) is 3.58. The number of halogens is 1. The number of hydrogen-bond acceptors (Lipinski definition) is 2. The zero-order valence-electron chi connectivity index (χ0n) is 15.4. The summed E-state index contributed by atoms with van der Waals surface area (Å²) >= 11 is 0. The molecule has 4 nitrogen and oxygen atoms in total. The van der Waals surface area contributed by atoms with Crippen LogP contribution >= 0.6 is 0 Å². The second-order valence-electron chi connectivity index (χ2n) is 6.25. The van der Waals surface area contributed by atoms with Crippen molar-refractivity contribution in [2.75, 3.05) is 26.7 Å². The minimum atomic E-state index is -0.178. The van der Waals surface area contributed by atoms with Gasteiger partial charge < -0.3 is 15.5 Å². The zero-order valence-corrected chi connectivity index (χ0v) is 15.4. The lowest BCUT2D eigenvalue weighted by atomic mass is 10.0. The second kappa shape index (κ2) is 11.3. The van der Waals surface area contributed by atoms with Crippen molar-refractivity contribution < 1.29 is 9.18 Å². The van der Waals surface area contributed by atoms with Gasteiger partial charge in [0.25, 0.3) is 0 Å². The number of carbonyl (C=O) groups is 1. The maximum absolute atomic E-state index is 11.9. The number of fused-ring (bicyclic) bond motifs is 1. The van der Waals surface area contributed by atoms with E-state index >= 15 is 0 Å². The first-order chi connectivity index (χ1) is 12.7. The van der Waals surface area contributed by atoms with Gasteiger partial charge in [-0.25, -0.2) is 9.18 Å². The first-order valence-corrected chi connectivity index (χ1v) is 9.15. The summed E-state index contributed by atoms with van der Waals surface area (Å²) in [6.45, 7) is 4.05. The Labute approximate surface area is 155 Å². The first kappa shape index (κ1) is 19.9. The van der Waals surface area contributed by atoms with Crippen LogP contribution in [0.5, 0.6) is 0 Å². The Morgan fingerprint density at radius 3 is 2.12 bits per heavy atom. The van der Waals surface area contributed by atoms with Gasteiger partial charge in [-0.15, -0.1) is 0 Å². The third kappa shape index (κ3) is 6.84. The monoisotopic (exact) mass is 357 g/mol. The molecule has 0 atom stereocenters. The number of carbonyl (C=O) groups excluding carboxylic acids is 1. The molecule has 1 fully saturated rings. The van der Waals surface area contributed by atoms with Crippen LogP contribution in [0.1, 0.15) is 24.0 Å². The van der Waals surface area contributed by atoms with Crippen LogP contribution in [0.25, 0.3) is 0 Å². The van der Waals surface area contributed by atoms with Crippen molar-refractivity contribution in [2.45, 2.75) is 25.8 Å². The predicted molar refractivity (Wildman–Crippen MR) is 104 cm³/mol. The third-order valence-electron chi connectivity index (χ3n) is 4.32. The number of benzene rings is 2. The fraction of sp³-hybridized carbons (Fsp3) is 0.381. The quantitative estimate of drug-likeness (QED) is 0.757. The Kier molecular flexibility index (Phi) is 8.63.